The first-order valence-electron chi connectivity index (χ1n) is 5.49. The molecule has 0 saturated carbocycles. The van der Waals surface area contributed by atoms with E-state index in [9.17, 15) is 4.79 Å². The lowest BCUT2D eigenvalue weighted by Crippen LogP contribution is -1.94. The van der Waals surface area contributed by atoms with E-state index in [0.29, 0.717) is 12.4 Å². The Kier molecular flexibility index (Phi) is 3.74. The van der Waals surface area contributed by atoms with E-state index in [4.69, 9.17) is 14.4 Å². The van der Waals surface area contributed by atoms with Gasteiger partial charge in [0.05, 0.1) is 6.61 Å². The van der Waals surface area contributed by atoms with Crippen molar-refractivity contribution in [2.45, 2.75) is 6.42 Å². The first kappa shape index (κ1) is 12.3. The van der Waals surface area contributed by atoms with Crippen molar-refractivity contribution in [3.8, 4) is 11.3 Å². The summed E-state index contributed by atoms with van der Waals surface area (Å²) in [6, 6.07) is 9.06. The summed E-state index contributed by atoms with van der Waals surface area (Å²) in [5.74, 6) is -0.646. The highest BCUT2D eigenvalue weighted by Crippen LogP contribution is 2.21. The lowest BCUT2D eigenvalue weighted by molar-refractivity contribution is 0.0686. The third-order valence-electron chi connectivity index (χ3n) is 2.56. The molecule has 1 heterocycles. The molecule has 1 aromatic heterocycles. The minimum absolute atomic E-state index is 0.0894. The summed E-state index contributed by atoms with van der Waals surface area (Å²) >= 11 is 0. The molecule has 1 N–H and O–H groups in total. The zero-order valence-corrected chi connectivity index (χ0v) is 9.92. The molecule has 0 unspecified atom stereocenters. The fraction of sp³-hybridized carbons (Fsp3) is 0.231. The van der Waals surface area contributed by atoms with E-state index in [2.05, 4.69) is 5.16 Å². The fourth-order valence-corrected chi connectivity index (χ4v) is 1.57. The van der Waals surface area contributed by atoms with Crippen molar-refractivity contribution in [2.24, 2.45) is 0 Å². The highest BCUT2D eigenvalue weighted by atomic mass is 16.5. The molecule has 0 atom stereocenters. The zero-order chi connectivity index (χ0) is 13.0. The molecule has 0 amide bonds. The molecule has 0 aliphatic rings. The van der Waals surface area contributed by atoms with Gasteiger partial charge in [0.1, 0.15) is 0 Å². The van der Waals surface area contributed by atoms with Gasteiger partial charge in [0.15, 0.2) is 11.5 Å². The quantitative estimate of drug-likeness (QED) is 0.877. The molecule has 1 aromatic carbocycles. The van der Waals surface area contributed by atoms with Gasteiger partial charge in [-0.2, -0.15) is 0 Å². The normalized spacial score (nSPS) is 10.5. The van der Waals surface area contributed by atoms with Gasteiger partial charge in [-0.05, 0) is 12.0 Å². The van der Waals surface area contributed by atoms with Crippen LogP contribution in [0.3, 0.4) is 0 Å². The minimum atomic E-state index is -1.10. The molecular weight excluding hydrogens is 234 g/mol. The summed E-state index contributed by atoms with van der Waals surface area (Å²) in [4.78, 5) is 10.7. The highest BCUT2D eigenvalue weighted by Gasteiger charge is 2.11. The second-order valence-corrected chi connectivity index (χ2v) is 3.82. The highest BCUT2D eigenvalue weighted by molar-refractivity contribution is 5.86. The van der Waals surface area contributed by atoms with Crippen LogP contribution in [0, 0.1) is 0 Å². The number of aromatic nitrogens is 1. The van der Waals surface area contributed by atoms with Crippen LogP contribution in [0.4, 0.5) is 0 Å². The summed E-state index contributed by atoms with van der Waals surface area (Å²) < 4.78 is 9.97. The number of rotatable bonds is 5. The second-order valence-electron chi connectivity index (χ2n) is 3.82. The van der Waals surface area contributed by atoms with Crippen LogP contribution in [0.1, 0.15) is 16.1 Å². The number of carbonyl (C=O) groups is 1. The Morgan fingerprint density at radius 1 is 1.39 bits per heavy atom. The Morgan fingerprint density at radius 2 is 2.11 bits per heavy atom. The molecule has 0 aliphatic carbocycles. The molecule has 18 heavy (non-hydrogen) atoms. The molecule has 0 bridgehead atoms. The maximum absolute atomic E-state index is 10.7. The van der Waals surface area contributed by atoms with Crippen LogP contribution in [0.5, 0.6) is 0 Å². The van der Waals surface area contributed by atoms with E-state index >= 15 is 0 Å². The van der Waals surface area contributed by atoms with E-state index in [1.54, 1.807) is 7.11 Å². The number of carboxylic acid groups (broad SMARTS) is 1. The Bertz CT molecular complexity index is 530. The number of methoxy groups -OCH3 is 1. The number of carboxylic acids is 1. The van der Waals surface area contributed by atoms with Crippen LogP contribution in [0.15, 0.2) is 34.9 Å². The van der Waals surface area contributed by atoms with Crippen LogP contribution in [-0.4, -0.2) is 29.9 Å². The van der Waals surface area contributed by atoms with Crippen molar-refractivity contribution in [3.63, 3.8) is 0 Å². The number of hydrogen-bond acceptors (Lipinski definition) is 4. The summed E-state index contributed by atoms with van der Waals surface area (Å²) in [5, 5.41) is 12.2. The van der Waals surface area contributed by atoms with Gasteiger partial charge >= 0.3 is 5.97 Å². The van der Waals surface area contributed by atoms with Crippen LogP contribution in [0.25, 0.3) is 11.3 Å². The van der Waals surface area contributed by atoms with Crippen molar-refractivity contribution >= 4 is 5.97 Å². The molecule has 0 saturated heterocycles. The van der Waals surface area contributed by atoms with E-state index in [0.717, 1.165) is 17.5 Å². The predicted octanol–water partition coefficient (Wildman–Crippen LogP) is 2.23. The summed E-state index contributed by atoms with van der Waals surface area (Å²) in [5.41, 5.74) is 1.86. The molecule has 0 aliphatic heterocycles. The third kappa shape index (κ3) is 2.75. The predicted molar refractivity (Wildman–Crippen MR) is 64.5 cm³/mol. The topological polar surface area (TPSA) is 72.6 Å². The Hall–Kier alpha value is -2.14. The molecule has 94 valence electrons. The van der Waals surface area contributed by atoms with Crippen molar-refractivity contribution < 1.29 is 19.2 Å². The fourth-order valence-electron chi connectivity index (χ4n) is 1.57. The Balaban J connectivity index is 2.15. The lowest BCUT2D eigenvalue weighted by atomic mass is 10.1. The number of benzene rings is 1. The summed E-state index contributed by atoms with van der Waals surface area (Å²) in [6.07, 6.45) is 0.841. The van der Waals surface area contributed by atoms with Gasteiger partial charge < -0.3 is 14.4 Å². The SMILES string of the molecule is COCCc1ccc(-c2cc(C(=O)O)no2)cc1. The monoisotopic (exact) mass is 247 g/mol. The van der Waals surface area contributed by atoms with Gasteiger partial charge in [0, 0.05) is 18.7 Å². The molecule has 5 nitrogen and oxygen atoms in total. The van der Waals surface area contributed by atoms with Crippen LogP contribution >= 0.6 is 0 Å². The van der Waals surface area contributed by atoms with E-state index in [-0.39, 0.29) is 5.69 Å². The van der Waals surface area contributed by atoms with Gasteiger partial charge in [-0.1, -0.05) is 29.4 Å². The smallest absolute Gasteiger partial charge is 0.358 e. The van der Waals surface area contributed by atoms with Gasteiger partial charge in [-0.3, -0.25) is 0 Å². The van der Waals surface area contributed by atoms with E-state index in [1.165, 1.54) is 6.07 Å². The molecular formula is C13H13NO4. The average molecular weight is 247 g/mol. The number of nitrogens with zero attached hydrogens (tertiary/aromatic N) is 1. The maximum Gasteiger partial charge on any atom is 0.358 e. The average Bonchev–Trinajstić information content (AvgIpc) is 2.87. The van der Waals surface area contributed by atoms with Crippen LogP contribution in [0.2, 0.25) is 0 Å². The first-order chi connectivity index (χ1) is 8.70. The Morgan fingerprint density at radius 3 is 2.67 bits per heavy atom. The Labute approximate surface area is 104 Å². The van der Waals surface area contributed by atoms with Crippen LogP contribution in [-0.2, 0) is 11.2 Å². The third-order valence-corrected chi connectivity index (χ3v) is 2.56. The zero-order valence-electron chi connectivity index (χ0n) is 9.92. The maximum atomic E-state index is 10.7. The second kappa shape index (κ2) is 5.46. The lowest BCUT2D eigenvalue weighted by Gasteiger charge is -2.01. The number of ether oxygens (including phenoxy) is 1. The van der Waals surface area contributed by atoms with Gasteiger partial charge in [-0.15, -0.1) is 0 Å². The van der Waals surface area contributed by atoms with Crippen molar-refractivity contribution in [1.82, 2.24) is 5.16 Å². The van der Waals surface area contributed by atoms with Crippen molar-refractivity contribution in [2.75, 3.05) is 13.7 Å². The van der Waals surface area contributed by atoms with Gasteiger partial charge in [0.25, 0.3) is 0 Å². The van der Waals surface area contributed by atoms with Gasteiger partial charge in [0.2, 0.25) is 0 Å². The van der Waals surface area contributed by atoms with Crippen molar-refractivity contribution in [3.05, 3.63) is 41.6 Å². The summed E-state index contributed by atoms with van der Waals surface area (Å²) in [7, 11) is 1.66. The van der Waals surface area contributed by atoms with Crippen molar-refractivity contribution in [1.29, 1.82) is 0 Å². The standard InChI is InChI=1S/C13H13NO4/c1-17-7-6-9-2-4-10(5-3-9)12-8-11(13(15)16)14-18-12/h2-5,8H,6-7H2,1H3,(H,15,16). The van der Waals surface area contributed by atoms with Crippen LogP contribution < -0.4 is 0 Å². The largest absolute Gasteiger partial charge is 0.476 e. The van der Waals surface area contributed by atoms with E-state index in [1.807, 2.05) is 24.3 Å². The molecule has 0 fully saturated rings. The molecule has 0 radical (unpaired) electrons. The van der Waals surface area contributed by atoms with Gasteiger partial charge in [-0.25, -0.2) is 4.79 Å². The minimum Gasteiger partial charge on any atom is -0.476 e. The molecule has 2 rings (SSSR count). The number of aromatic carboxylic acids is 1. The molecule has 2 aromatic rings. The van der Waals surface area contributed by atoms with E-state index < -0.39 is 5.97 Å². The first-order valence-corrected chi connectivity index (χ1v) is 5.49. The number of hydrogen-bond donors (Lipinski definition) is 1. The molecule has 0 spiro atoms. The molecule has 5 heteroatoms. The summed E-state index contributed by atoms with van der Waals surface area (Å²) in [6.45, 7) is 0.671.